The fourth-order valence-corrected chi connectivity index (χ4v) is 7.57. The minimum absolute atomic E-state index is 0.0659. The van der Waals surface area contributed by atoms with E-state index in [0.29, 0.717) is 29.9 Å². The molecule has 3 aromatic carbocycles. The summed E-state index contributed by atoms with van der Waals surface area (Å²) in [7, 11) is 0. The van der Waals surface area contributed by atoms with Crippen LogP contribution in [0.1, 0.15) is 63.9 Å². The zero-order valence-corrected chi connectivity index (χ0v) is 22.8. The number of thioether (sulfide) groups is 1. The average Bonchev–Trinajstić information content (AvgIpc) is 2.95. The first kappa shape index (κ1) is 25.0. The van der Waals surface area contributed by atoms with Crippen molar-refractivity contribution in [2.24, 2.45) is 0 Å². The molecule has 2 heterocycles. The molecule has 2 amide bonds. The lowest BCUT2D eigenvalue weighted by atomic mass is 9.92. The maximum atomic E-state index is 13.7. The molecule has 1 saturated heterocycles. The highest BCUT2D eigenvalue weighted by molar-refractivity contribution is 8.04. The first-order valence-electron chi connectivity index (χ1n) is 13.8. The van der Waals surface area contributed by atoms with Gasteiger partial charge in [0.25, 0.3) is 11.8 Å². The summed E-state index contributed by atoms with van der Waals surface area (Å²) in [4.78, 5) is 31.8. The fourth-order valence-electron chi connectivity index (χ4n) is 6.09. The Kier molecular flexibility index (Phi) is 7.12. The van der Waals surface area contributed by atoms with Gasteiger partial charge in [-0.15, -0.1) is 11.8 Å². The van der Waals surface area contributed by atoms with Crippen LogP contribution in [0.2, 0.25) is 0 Å². The van der Waals surface area contributed by atoms with Crippen LogP contribution in [0.5, 0.6) is 0 Å². The molecule has 2 atom stereocenters. The molecule has 0 spiro atoms. The van der Waals surface area contributed by atoms with E-state index in [0.717, 1.165) is 36.3 Å². The molecule has 5 heteroatoms. The smallest absolute Gasteiger partial charge is 0.260 e. The number of carbonyl (C=O) groups excluding carboxylic acids is 2. The Morgan fingerprint density at radius 1 is 0.974 bits per heavy atom. The van der Waals surface area contributed by atoms with Crippen molar-refractivity contribution in [1.29, 1.82) is 0 Å². The summed E-state index contributed by atoms with van der Waals surface area (Å²) in [5, 5.41) is 0.445. The normalized spacial score (nSPS) is 22.2. The third kappa shape index (κ3) is 5.17. The Morgan fingerprint density at radius 3 is 2.58 bits per heavy atom. The summed E-state index contributed by atoms with van der Waals surface area (Å²) in [6, 6.07) is 24.9. The SMILES string of the molecule is Cc1cccc(CN2C(=O)/C(=C\c3ccc(C(=O)N4CCc5ccccc5C4)cc3)SC3CCCCC32)c1. The molecule has 0 N–H and O–H groups in total. The van der Waals surface area contributed by atoms with E-state index in [-0.39, 0.29) is 11.8 Å². The Bertz CT molecular complexity index is 1380. The molecule has 6 rings (SSSR count). The molecule has 38 heavy (non-hydrogen) atoms. The first-order chi connectivity index (χ1) is 18.5. The standard InChI is InChI=1S/C33H34N2O2S/c1-23-7-6-8-25(19-23)21-35-29-11-4-5-12-30(29)38-31(33(35)37)20-24-13-15-27(16-14-24)32(36)34-18-17-26-9-2-3-10-28(26)22-34/h2-3,6-10,13-16,19-20,29-30H,4-5,11-12,17-18,21-22H2,1H3/b31-20+. The van der Waals surface area contributed by atoms with Crippen molar-refractivity contribution in [2.45, 2.75) is 63.4 Å². The van der Waals surface area contributed by atoms with Gasteiger partial charge in [-0.2, -0.15) is 0 Å². The van der Waals surface area contributed by atoms with Crippen LogP contribution in [0.4, 0.5) is 0 Å². The van der Waals surface area contributed by atoms with Crippen LogP contribution in [0, 0.1) is 6.92 Å². The van der Waals surface area contributed by atoms with Crippen molar-refractivity contribution in [3.05, 3.63) is 111 Å². The lowest BCUT2D eigenvalue weighted by molar-refractivity contribution is -0.130. The third-order valence-corrected chi connectivity index (χ3v) is 9.53. The van der Waals surface area contributed by atoms with E-state index < -0.39 is 0 Å². The van der Waals surface area contributed by atoms with Crippen LogP contribution in [0.3, 0.4) is 0 Å². The number of rotatable bonds is 4. The van der Waals surface area contributed by atoms with Crippen LogP contribution >= 0.6 is 11.8 Å². The van der Waals surface area contributed by atoms with E-state index in [1.165, 1.54) is 35.1 Å². The topological polar surface area (TPSA) is 40.6 Å². The number of nitrogens with zero attached hydrogens (tertiary/aromatic N) is 2. The molecule has 0 radical (unpaired) electrons. The summed E-state index contributed by atoms with van der Waals surface area (Å²) in [5.74, 6) is 0.197. The van der Waals surface area contributed by atoms with Crippen LogP contribution < -0.4 is 0 Å². The van der Waals surface area contributed by atoms with Crippen molar-refractivity contribution in [3.8, 4) is 0 Å². The fraction of sp³-hybridized carbons (Fsp3) is 0.333. The van der Waals surface area contributed by atoms with Gasteiger partial charge in [0, 0.05) is 36.5 Å². The van der Waals surface area contributed by atoms with Gasteiger partial charge in [0.15, 0.2) is 0 Å². The summed E-state index contributed by atoms with van der Waals surface area (Å²) >= 11 is 1.76. The Hall–Kier alpha value is -3.31. The Labute approximate surface area is 229 Å². The minimum Gasteiger partial charge on any atom is -0.334 e. The predicted octanol–water partition coefficient (Wildman–Crippen LogP) is 6.62. The van der Waals surface area contributed by atoms with Crippen molar-refractivity contribution in [3.63, 3.8) is 0 Å². The van der Waals surface area contributed by atoms with E-state index in [2.05, 4.69) is 54.3 Å². The van der Waals surface area contributed by atoms with E-state index in [1.807, 2.05) is 41.3 Å². The summed E-state index contributed by atoms with van der Waals surface area (Å²) in [6.45, 7) is 4.16. The zero-order valence-electron chi connectivity index (χ0n) is 21.9. The molecule has 2 unspecified atom stereocenters. The Balaban J connectivity index is 1.20. The van der Waals surface area contributed by atoms with Gasteiger partial charge in [0.1, 0.15) is 0 Å². The van der Waals surface area contributed by atoms with Gasteiger partial charge in [-0.25, -0.2) is 0 Å². The number of carbonyl (C=O) groups is 2. The van der Waals surface area contributed by atoms with Crippen molar-refractivity contribution >= 4 is 29.7 Å². The molecule has 2 aliphatic heterocycles. The number of aryl methyl sites for hydroxylation is 1. The van der Waals surface area contributed by atoms with Gasteiger partial charge in [0.05, 0.1) is 4.91 Å². The van der Waals surface area contributed by atoms with Crippen LogP contribution in [-0.2, 0) is 24.3 Å². The maximum Gasteiger partial charge on any atom is 0.260 e. The third-order valence-electron chi connectivity index (χ3n) is 8.13. The number of benzene rings is 3. The molecule has 3 aliphatic rings. The van der Waals surface area contributed by atoms with Crippen molar-refractivity contribution < 1.29 is 9.59 Å². The molecule has 194 valence electrons. The molecular formula is C33H34N2O2S. The highest BCUT2D eigenvalue weighted by Gasteiger charge is 2.40. The molecule has 0 aromatic heterocycles. The van der Waals surface area contributed by atoms with Gasteiger partial charge < -0.3 is 9.80 Å². The van der Waals surface area contributed by atoms with E-state index in [4.69, 9.17) is 0 Å². The molecule has 3 aromatic rings. The maximum absolute atomic E-state index is 13.7. The first-order valence-corrected chi connectivity index (χ1v) is 14.6. The number of fused-ring (bicyclic) bond motifs is 2. The summed E-state index contributed by atoms with van der Waals surface area (Å²) < 4.78 is 0. The van der Waals surface area contributed by atoms with E-state index in [9.17, 15) is 9.59 Å². The van der Waals surface area contributed by atoms with Gasteiger partial charge in [-0.1, -0.05) is 79.1 Å². The molecular weight excluding hydrogens is 488 g/mol. The van der Waals surface area contributed by atoms with Gasteiger partial charge in [0.2, 0.25) is 0 Å². The molecule has 2 fully saturated rings. The lowest BCUT2D eigenvalue weighted by Gasteiger charge is -2.44. The van der Waals surface area contributed by atoms with Crippen LogP contribution in [-0.4, -0.2) is 39.5 Å². The van der Waals surface area contributed by atoms with E-state index in [1.54, 1.807) is 11.8 Å². The van der Waals surface area contributed by atoms with Gasteiger partial charge in [-0.3, -0.25) is 9.59 Å². The number of hydrogen-bond donors (Lipinski definition) is 0. The van der Waals surface area contributed by atoms with Crippen molar-refractivity contribution in [1.82, 2.24) is 9.80 Å². The zero-order chi connectivity index (χ0) is 26.1. The van der Waals surface area contributed by atoms with Crippen molar-refractivity contribution in [2.75, 3.05) is 6.54 Å². The minimum atomic E-state index is 0.0659. The second-order valence-corrected chi connectivity index (χ2v) is 12.1. The second-order valence-electron chi connectivity index (χ2n) is 10.8. The second kappa shape index (κ2) is 10.8. The van der Waals surface area contributed by atoms with Crippen LogP contribution in [0.15, 0.2) is 77.7 Å². The largest absolute Gasteiger partial charge is 0.334 e. The molecule has 1 aliphatic carbocycles. The monoisotopic (exact) mass is 522 g/mol. The van der Waals surface area contributed by atoms with Gasteiger partial charge >= 0.3 is 0 Å². The highest BCUT2D eigenvalue weighted by atomic mass is 32.2. The van der Waals surface area contributed by atoms with E-state index >= 15 is 0 Å². The average molecular weight is 523 g/mol. The number of hydrogen-bond acceptors (Lipinski definition) is 3. The Morgan fingerprint density at radius 2 is 1.76 bits per heavy atom. The number of amides is 2. The molecule has 0 bridgehead atoms. The molecule has 4 nitrogen and oxygen atoms in total. The summed E-state index contributed by atoms with van der Waals surface area (Å²) in [5.41, 5.74) is 6.65. The van der Waals surface area contributed by atoms with Gasteiger partial charge in [-0.05, 0) is 66.6 Å². The highest BCUT2D eigenvalue weighted by Crippen LogP contribution is 2.42. The lowest BCUT2D eigenvalue weighted by Crippen LogP contribution is -2.50. The molecule has 1 saturated carbocycles. The summed E-state index contributed by atoms with van der Waals surface area (Å²) in [6.07, 6.45) is 7.57. The van der Waals surface area contributed by atoms with Crippen LogP contribution in [0.25, 0.3) is 6.08 Å². The predicted molar refractivity (Wildman–Crippen MR) is 155 cm³/mol. The quantitative estimate of drug-likeness (QED) is 0.362.